The van der Waals surface area contributed by atoms with Crippen molar-refractivity contribution >= 4 is 0 Å². The molecule has 4 atom stereocenters. The average molecular weight is 262 g/mol. The Morgan fingerprint density at radius 1 is 0.632 bits per heavy atom. The van der Waals surface area contributed by atoms with E-state index in [9.17, 15) is 0 Å². The predicted octanol–water partition coefficient (Wildman–Crippen LogP) is 6.20. The van der Waals surface area contributed by atoms with Crippen LogP contribution in [0.3, 0.4) is 0 Å². The summed E-state index contributed by atoms with van der Waals surface area (Å²) in [6.45, 7) is 2.37. The third-order valence-electron chi connectivity index (χ3n) is 6.78. The standard InChI is InChI=1S/C19H34/c1-2-6-15-9-10-19-14-18(12-11-17(19)13-15)16-7-4-3-5-8-16/h15-19H,2-14H2,1H3. The lowest BCUT2D eigenvalue weighted by Crippen LogP contribution is -2.34. The van der Waals surface area contributed by atoms with Crippen LogP contribution >= 0.6 is 0 Å². The summed E-state index contributed by atoms with van der Waals surface area (Å²) >= 11 is 0. The zero-order chi connectivity index (χ0) is 13.1. The summed E-state index contributed by atoms with van der Waals surface area (Å²) in [6.07, 6.45) is 20.2. The summed E-state index contributed by atoms with van der Waals surface area (Å²) in [5.74, 6) is 5.61. The number of hydrogen-bond donors (Lipinski definition) is 0. The van der Waals surface area contributed by atoms with Gasteiger partial charge in [-0.3, -0.25) is 0 Å². The van der Waals surface area contributed by atoms with Crippen LogP contribution in [0.2, 0.25) is 0 Å². The Kier molecular flexibility index (Phi) is 4.87. The molecule has 0 aromatic heterocycles. The lowest BCUT2D eigenvalue weighted by Gasteiger charge is -2.45. The van der Waals surface area contributed by atoms with E-state index in [1.807, 2.05) is 0 Å². The van der Waals surface area contributed by atoms with Crippen LogP contribution in [0.15, 0.2) is 0 Å². The van der Waals surface area contributed by atoms with Gasteiger partial charge in [-0.05, 0) is 61.7 Å². The molecule has 0 saturated heterocycles. The van der Waals surface area contributed by atoms with Gasteiger partial charge in [0.25, 0.3) is 0 Å². The molecular weight excluding hydrogens is 228 g/mol. The fourth-order valence-corrected chi connectivity index (χ4v) is 5.73. The lowest BCUT2D eigenvalue weighted by atomic mass is 9.61. The topological polar surface area (TPSA) is 0 Å². The van der Waals surface area contributed by atoms with Crippen molar-refractivity contribution in [2.75, 3.05) is 0 Å². The van der Waals surface area contributed by atoms with Gasteiger partial charge in [-0.15, -0.1) is 0 Å². The van der Waals surface area contributed by atoms with Gasteiger partial charge in [0, 0.05) is 0 Å². The smallest absolute Gasteiger partial charge is 0.0383 e. The molecule has 0 bridgehead atoms. The van der Waals surface area contributed by atoms with Crippen LogP contribution in [0, 0.1) is 29.6 Å². The van der Waals surface area contributed by atoms with E-state index < -0.39 is 0 Å². The number of rotatable bonds is 3. The maximum absolute atomic E-state index is 2.37. The Bertz CT molecular complexity index is 263. The van der Waals surface area contributed by atoms with E-state index in [1.165, 1.54) is 32.1 Å². The molecule has 3 saturated carbocycles. The van der Waals surface area contributed by atoms with Crippen LogP contribution in [-0.4, -0.2) is 0 Å². The highest BCUT2D eigenvalue weighted by Crippen LogP contribution is 2.49. The first kappa shape index (κ1) is 14.0. The van der Waals surface area contributed by atoms with E-state index in [4.69, 9.17) is 0 Å². The highest BCUT2D eigenvalue weighted by atomic mass is 14.4. The molecule has 110 valence electrons. The Hall–Kier alpha value is 0. The quantitative estimate of drug-likeness (QED) is 0.568. The van der Waals surface area contributed by atoms with Gasteiger partial charge in [-0.25, -0.2) is 0 Å². The molecular formula is C19H34. The highest BCUT2D eigenvalue weighted by molar-refractivity contribution is 4.88. The molecule has 3 fully saturated rings. The Balaban J connectivity index is 1.51. The molecule has 0 aromatic rings. The van der Waals surface area contributed by atoms with Crippen LogP contribution in [0.25, 0.3) is 0 Å². The maximum atomic E-state index is 2.37. The van der Waals surface area contributed by atoms with Crippen molar-refractivity contribution in [3.05, 3.63) is 0 Å². The fraction of sp³-hybridized carbons (Fsp3) is 1.00. The minimum Gasteiger partial charge on any atom is -0.0654 e. The van der Waals surface area contributed by atoms with Crippen molar-refractivity contribution in [2.45, 2.75) is 90.4 Å². The zero-order valence-electron chi connectivity index (χ0n) is 13.1. The Morgan fingerprint density at radius 2 is 1.26 bits per heavy atom. The largest absolute Gasteiger partial charge is 0.0654 e. The second kappa shape index (κ2) is 6.64. The Morgan fingerprint density at radius 3 is 2.00 bits per heavy atom. The predicted molar refractivity (Wildman–Crippen MR) is 83.1 cm³/mol. The van der Waals surface area contributed by atoms with Crippen LogP contribution in [0.1, 0.15) is 90.4 Å². The molecule has 0 aliphatic heterocycles. The molecule has 3 aliphatic rings. The third kappa shape index (κ3) is 3.37. The van der Waals surface area contributed by atoms with Gasteiger partial charge in [0.15, 0.2) is 0 Å². The van der Waals surface area contributed by atoms with Crippen molar-refractivity contribution in [1.82, 2.24) is 0 Å². The van der Waals surface area contributed by atoms with Crippen LogP contribution < -0.4 is 0 Å². The molecule has 0 nitrogen and oxygen atoms in total. The van der Waals surface area contributed by atoms with E-state index in [0.717, 1.165) is 29.6 Å². The van der Waals surface area contributed by atoms with E-state index in [2.05, 4.69) is 6.92 Å². The third-order valence-corrected chi connectivity index (χ3v) is 6.78. The first-order valence-electron chi connectivity index (χ1n) is 9.36. The maximum Gasteiger partial charge on any atom is -0.0383 e. The molecule has 0 heteroatoms. The van der Waals surface area contributed by atoms with Gasteiger partial charge in [-0.2, -0.15) is 0 Å². The summed E-state index contributed by atoms with van der Waals surface area (Å²) in [4.78, 5) is 0. The van der Waals surface area contributed by atoms with E-state index in [-0.39, 0.29) is 0 Å². The monoisotopic (exact) mass is 262 g/mol. The SMILES string of the molecule is CCCC1CCC2CC(C3CCCCC3)CCC2C1. The van der Waals surface area contributed by atoms with Gasteiger partial charge in [-0.1, -0.05) is 58.3 Å². The molecule has 19 heavy (non-hydrogen) atoms. The fourth-order valence-electron chi connectivity index (χ4n) is 5.73. The normalized spacial score (nSPS) is 40.9. The van der Waals surface area contributed by atoms with Crippen molar-refractivity contribution in [3.8, 4) is 0 Å². The van der Waals surface area contributed by atoms with Crippen LogP contribution in [-0.2, 0) is 0 Å². The summed E-state index contributed by atoms with van der Waals surface area (Å²) < 4.78 is 0. The van der Waals surface area contributed by atoms with E-state index in [1.54, 1.807) is 51.4 Å². The van der Waals surface area contributed by atoms with Gasteiger partial charge >= 0.3 is 0 Å². The van der Waals surface area contributed by atoms with Gasteiger partial charge in [0.05, 0.1) is 0 Å². The average Bonchev–Trinajstić information content (AvgIpc) is 2.48. The van der Waals surface area contributed by atoms with Gasteiger partial charge < -0.3 is 0 Å². The minimum absolute atomic E-state index is 1.09. The summed E-state index contributed by atoms with van der Waals surface area (Å²) in [7, 11) is 0. The van der Waals surface area contributed by atoms with Crippen molar-refractivity contribution in [2.24, 2.45) is 29.6 Å². The second-order valence-corrected chi connectivity index (χ2v) is 7.96. The second-order valence-electron chi connectivity index (χ2n) is 7.96. The summed E-state index contributed by atoms with van der Waals surface area (Å²) in [5, 5.41) is 0. The van der Waals surface area contributed by atoms with Gasteiger partial charge in [0.2, 0.25) is 0 Å². The van der Waals surface area contributed by atoms with Crippen LogP contribution in [0.4, 0.5) is 0 Å². The summed E-state index contributed by atoms with van der Waals surface area (Å²) in [5.41, 5.74) is 0. The highest BCUT2D eigenvalue weighted by Gasteiger charge is 2.37. The number of hydrogen-bond acceptors (Lipinski definition) is 0. The van der Waals surface area contributed by atoms with E-state index in [0.29, 0.717) is 0 Å². The molecule has 0 amide bonds. The number of fused-ring (bicyclic) bond motifs is 1. The van der Waals surface area contributed by atoms with Crippen molar-refractivity contribution < 1.29 is 0 Å². The summed E-state index contributed by atoms with van der Waals surface area (Å²) in [6, 6.07) is 0. The molecule has 0 spiro atoms. The molecule has 0 aromatic carbocycles. The van der Waals surface area contributed by atoms with Crippen molar-refractivity contribution in [1.29, 1.82) is 0 Å². The van der Waals surface area contributed by atoms with Crippen LogP contribution in [0.5, 0.6) is 0 Å². The first-order chi connectivity index (χ1) is 9.36. The lowest BCUT2D eigenvalue weighted by molar-refractivity contribution is 0.0635. The molecule has 0 N–H and O–H groups in total. The molecule has 4 unspecified atom stereocenters. The molecule has 3 aliphatic carbocycles. The van der Waals surface area contributed by atoms with Gasteiger partial charge in [0.1, 0.15) is 0 Å². The van der Waals surface area contributed by atoms with E-state index >= 15 is 0 Å². The molecule has 3 rings (SSSR count). The zero-order valence-corrected chi connectivity index (χ0v) is 13.1. The minimum atomic E-state index is 1.09. The molecule has 0 radical (unpaired) electrons. The Labute approximate surface area is 120 Å². The first-order valence-corrected chi connectivity index (χ1v) is 9.36. The van der Waals surface area contributed by atoms with Crippen molar-refractivity contribution in [3.63, 3.8) is 0 Å². The molecule has 0 heterocycles.